The lowest BCUT2D eigenvalue weighted by Crippen LogP contribution is -2.29. The van der Waals surface area contributed by atoms with Crippen molar-refractivity contribution in [2.24, 2.45) is 0 Å². The third-order valence-electron chi connectivity index (χ3n) is 5.22. The quantitative estimate of drug-likeness (QED) is 0.525. The summed E-state index contributed by atoms with van der Waals surface area (Å²) in [5.41, 5.74) is 5.37. The number of nitrogens with zero attached hydrogens (tertiary/aromatic N) is 3. The van der Waals surface area contributed by atoms with E-state index in [1.165, 1.54) is 28.9 Å². The molecule has 130 valence electrons. The molecular formula is C20H18N4OS. The van der Waals surface area contributed by atoms with Crippen molar-refractivity contribution in [2.75, 3.05) is 5.84 Å². The van der Waals surface area contributed by atoms with Crippen LogP contribution >= 0.6 is 11.3 Å². The number of nitrogens with two attached hydrogens (primary N) is 1. The van der Waals surface area contributed by atoms with Gasteiger partial charge in [0.25, 0.3) is 5.56 Å². The molecule has 0 fully saturated rings. The van der Waals surface area contributed by atoms with Crippen molar-refractivity contribution in [3.05, 3.63) is 57.6 Å². The Labute approximate surface area is 154 Å². The maximum absolute atomic E-state index is 12.6. The molecule has 0 aliphatic heterocycles. The molecule has 0 unspecified atom stereocenters. The monoisotopic (exact) mass is 362 g/mol. The Bertz CT molecular complexity index is 1220. The van der Waals surface area contributed by atoms with Gasteiger partial charge in [0, 0.05) is 10.9 Å². The van der Waals surface area contributed by atoms with E-state index in [9.17, 15) is 4.79 Å². The fraction of sp³-hybridized carbons (Fsp3) is 0.250. The highest BCUT2D eigenvalue weighted by Gasteiger charge is 2.24. The molecule has 0 amide bonds. The molecule has 0 spiro atoms. The van der Waals surface area contributed by atoms with Crippen molar-refractivity contribution in [3.8, 4) is 11.3 Å². The Morgan fingerprint density at radius 1 is 1.08 bits per heavy atom. The van der Waals surface area contributed by atoms with E-state index in [1.807, 2.05) is 18.2 Å². The second-order valence-electron chi connectivity index (χ2n) is 6.78. The molecule has 3 heterocycles. The Hall–Kier alpha value is -2.73. The van der Waals surface area contributed by atoms with Gasteiger partial charge in [-0.3, -0.25) is 4.79 Å². The van der Waals surface area contributed by atoms with Gasteiger partial charge in [-0.05, 0) is 43.7 Å². The van der Waals surface area contributed by atoms with Gasteiger partial charge in [-0.2, -0.15) is 0 Å². The normalized spacial score (nSPS) is 14.0. The fourth-order valence-electron chi connectivity index (χ4n) is 3.93. The summed E-state index contributed by atoms with van der Waals surface area (Å²) in [7, 11) is 0. The van der Waals surface area contributed by atoms with Gasteiger partial charge in [0.15, 0.2) is 0 Å². The SMILES string of the molecule is Cc1nc2c(sc3nc(-c4ccccc4)c4c(c32)CCCC4)c(=O)n1N. The topological polar surface area (TPSA) is 73.8 Å². The van der Waals surface area contributed by atoms with Crippen LogP contribution < -0.4 is 11.4 Å². The summed E-state index contributed by atoms with van der Waals surface area (Å²) >= 11 is 1.41. The van der Waals surface area contributed by atoms with Gasteiger partial charge in [-0.25, -0.2) is 14.6 Å². The van der Waals surface area contributed by atoms with E-state index in [0.717, 1.165) is 50.9 Å². The Balaban J connectivity index is 1.95. The van der Waals surface area contributed by atoms with Crippen LogP contribution in [0, 0.1) is 6.92 Å². The van der Waals surface area contributed by atoms with Crippen LogP contribution in [0.3, 0.4) is 0 Å². The number of hydrogen-bond acceptors (Lipinski definition) is 5. The molecule has 1 aromatic carbocycles. The Morgan fingerprint density at radius 2 is 1.81 bits per heavy atom. The number of aromatic nitrogens is 3. The van der Waals surface area contributed by atoms with Crippen LogP contribution in [0.15, 0.2) is 35.1 Å². The van der Waals surface area contributed by atoms with Gasteiger partial charge in [-0.15, -0.1) is 11.3 Å². The maximum atomic E-state index is 12.6. The van der Waals surface area contributed by atoms with Gasteiger partial charge < -0.3 is 5.84 Å². The lowest BCUT2D eigenvalue weighted by Gasteiger charge is -2.20. The summed E-state index contributed by atoms with van der Waals surface area (Å²) in [4.78, 5) is 23.1. The molecule has 1 aliphatic rings. The first-order valence-corrected chi connectivity index (χ1v) is 9.65. The van der Waals surface area contributed by atoms with Gasteiger partial charge in [0.1, 0.15) is 15.4 Å². The van der Waals surface area contributed by atoms with E-state index < -0.39 is 0 Å². The predicted octanol–water partition coefficient (Wildman–Crippen LogP) is 3.57. The number of thiophene rings is 1. The minimum absolute atomic E-state index is 0.193. The molecule has 3 aromatic heterocycles. The molecule has 5 rings (SSSR count). The minimum atomic E-state index is -0.193. The number of rotatable bonds is 1. The van der Waals surface area contributed by atoms with Crippen LogP contribution in [0.1, 0.15) is 29.8 Å². The molecule has 0 saturated carbocycles. The van der Waals surface area contributed by atoms with Crippen molar-refractivity contribution in [2.45, 2.75) is 32.6 Å². The van der Waals surface area contributed by atoms with E-state index in [1.54, 1.807) is 6.92 Å². The number of benzene rings is 1. The van der Waals surface area contributed by atoms with Crippen LogP contribution in [-0.4, -0.2) is 14.6 Å². The lowest BCUT2D eigenvalue weighted by atomic mass is 9.87. The van der Waals surface area contributed by atoms with Gasteiger partial charge in [0.05, 0.1) is 11.2 Å². The van der Waals surface area contributed by atoms with E-state index in [2.05, 4.69) is 17.1 Å². The number of pyridine rings is 1. The zero-order valence-corrected chi connectivity index (χ0v) is 15.3. The summed E-state index contributed by atoms with van der Waals surface area (Å²) in [6.07, 6.45) is 4.36. The number of aryl methyl sites for hydroxylation is 2. The molecule has 1 aliphatic carbocycles. The summed E-state index contributed by atoms with van der Waals surface area (Å²) < 4.78 is 1.72. The molecule has 6 heteroatoms. The average molecular weight is 362 g/mol. The fourth-order valence-corrected chi connectivity index (χ4v) is 5.01. The van der Waals surface area contributed by atoms with Crippen LogP contribution in [0.4, 0.5) is 0 Å². The smallest absolute Gasteiger partial charge is 0.289 e. The highest BCUT2D eigenvalue weighted by atomic mass is 32.1. The molecule has 0 saturated heterocycles. The Morgan fingerprint density at radius 3 is 2.58 bits per heavy atom. The van der Waals surface area contributed by atoms with Gasteiger partial charge >= 0.3 is 0 Å². The van der Waals surface area contributed by atoms with Crippen LogP contribution in [0.5, 0.6) is 0 Å². The molecule has 4 aromatic rings. The van der Waals surface area contributed by atoms with E-state index >= 15 is 0 Å². The van der Waals surface area contributed by atoms with Crippen LogP contribution in [0.2, 0.25) is 0 Å². The standard InChI is InChI=1S/C20H18N4OS/c1-11-22-17-15-13-9-5-6-10-14(13)16(12-7-3-2-4-8-12)23-19(15)26-18(17)20(25)24(11)21/h2-4,7-8H,5-6,9-10,21H2,1H3. The van der Waals surface area contributed by atoms with Crippen molar-refractivity contribution in [1.29, 1.82) is 0 Å². The van der Waals surface area contributed by atoms with E-state index in [0.29, 0.717) is 10.5 Å². The van der Waals surface area contributed by atoms with Crippen molar-refractivity contribution >= 4 is 31.8 Å². The van der Waals surface area contributed by atoms with Crippen molar-refractivity contribution in [3.63, 3.8) is 0 Å². The highest BCUT2D eigenvalue weighted by Crippen LogP contribution is 2.40. The molecule has 0 radical (unpaired) electrons. The predicted molar refractivity (Wildman–Crippen MR) is 106 cm³/mol. The van der Waals surface area contributed by atoms with Crippen molar-refractivity contribution in [1.82, 2.24) is 14.6 Å². The molecule has 0 atom stereocenters. The van der Waals surface area contributed by atoms with Crippen LogP contribution in [-0.2, 0) is 12.8 Å². The van der Waals surface area contributed by atoms with Crippen molar-refractivity contribution < 1.29 is 0 Å². The largest absolute Gasteiger partial charge is 0.335 e. The molecule has 26 heavy (non-hydrogen) atoms. The second-order valence-corrected chi connectivity index (χ2v) is 7.78. The third-order valence-corrected chi connectivity index (χ3v) is 6.28. The number of hydrogen-bond donors (Lipinski definition) is 1. The minimum Gasteiger partial charge on any atom is -0.335 e. The summed E-state index contributed by atoms with van der Waals surface area (Å²) in [6, 6.07) is 10.3. The molecule has 2 N–H and O–H groups in total. The molecule has 5 nitrogen and oxygen atoms in total. The van der Waals surface area contributed by atoms with Gasteiger partial charge in [0.2, 0.25) is 0 Å². The number of fused-ring (bicyclic) bond motifs is 5. The first-order valence-electron chi connectivity index (χ1n) is 8.83. The van der Waals surface area contributed by atoms with Crippen LogP contribution in [0.25, 0.3) is 31.7 Å². The van der Waals surface area contributed by atoms with Gasteiger partial charge in [-0.1, -0.05) is 30.3 Å². The molecule has 0 bridgehead atoms. The first kappa shape index (κ1) is 15.5. The third kappa shape index (κ3) is 2.12. The molecular weight excluding hydrogens is 344 g/mol. The Kier molecular flexibility index (Phi) is 3.37. The van der Waals surface area contributed by atoms with E-state index in [-0.39, 0.29) is 5.56 Å². The zero-order chi connectivity index (χ0) is 17.8. The summed E-state index contributed by atoms with van der Waals surface area (Å²) in [6.45, 7) is 1.77. The average Bonchev–Trinajstić information content (AvgIpc) is 3.05. The lowest BCUT2D eigenvalue weighted by molar-refractivity contribution is 0.689. The maximum Gasteiger partial charge on any atom is 0.289 e. The van der Waals surface area contributed by atoms with E-state index in [4.69, 9.17) is 10.8 Å². The summed E-state index contributed by atoms with van der Waals surface area (Å²) in [5, 5.41) is 1.06. The summed E-state index contributed by atoms with van der Waals surface area (Å²) in [5.74, 6) is 6.38. The number of nitrogen functional groups attached to an aromatic ring is 1. The highest BCUT2D eigenvalue weighted by molar-refractivity contribution is 7.25. The first-order chi connectivity index (χ1) is 12.6. The second kappa shape index (κ2) is 5.64. The zero-order valence-electron chi connectivity index (χ0n) is 14.5.